The zero-order valence-corrected chi connectivity index (χ0v) is 17.2. The number of thioether (sulfide) groups is 1. The van der Waals surface area contributed by atoms with Crippen molar-refractivity contribution in [2.75, 3.05) is 11.9 Å². The Kier molecular flexibility index (Phi) is 6.66. The molecule has 0 spiro atoms. The number of anilines is 1. The minimum atomic E-state index is -0.493. The Balaban J connectivity index is 1.51. The normalized spacial score (nSPS) is 11.7. The molecule has 0 aliphatic rings. The van der Waals surface area contributed by atoms with Crippen LogP contribution in [0, 0.1) is 13.8 Å². The molecule has 2 amide bonds. The van der Waals surface area contributed by atoms with Crippen LogP contribution in [-0.4, -0.2) is 33.8 Å². The van der Waals surface area contributed by atoms with Gasteiger partial charge in [-0.05, 0) is 44.0 Å². The van der Waals surface area contributed by atoms with Gasteiger partial charge in [0.25, 0.3) is 5.22 Å². The third kappa shape index (κ3) is 5.45. The maximum atomic E-state index is 12.3. The molecular weight excluding hydrogens is 388 g/mol. The summed E-state index contributed by atoms with van der Waals surface area (Å²) >= 11 is 1.14. The van der Waals surface area contributed by atoms with E-state index in [4.69, 9.17) is 4.42 Å². The summed E-state index contributed by atoms with van der Waals surface area (Å²) in [5.41, 5.74) is 3.53. The van der Waals surface area contributed by atoms with E-state index in [-0.39, 0.29) is 18.4 Å². The van der Waals surface area contributed by atoms with Gasteiger partial charge in [-0.25, -0.2) is 0 Å². The van der Waals surface area contributed by atoms with Crippen LogP contribution in [0.4, 0.5) is 5.69 Å². The first-order chi connectivity index (χ1) is 13.9. The highest BCUT2D eigenvalue weighted by Gasteiger charge is 2.19. The molecule has 7 nitrogen and oxygen atoms in total. The fourth-order valence-corrected chi connectivity index (χ4v) is 3.37. The molecule has 2 N–H and O–H groups in total. The summed E-state index contributed by atoms with van der Waals surface area (Å²) < 4.78 is 5.60. The number of amides is 2. The number of benzene rings is 2. The predicted molar refractivity (Wildman–Crippen MR) is 113 cm³/mol. The van der Waals surface area contributed by atoms with Gasteiger partial charge in [0.2, 0.25) is 17.7 Å². The molecule has 1 aromatic heterocycles. The van der Waals surface area contributed by atoms with Crippen molar-refractivity contribution < 1.29 is 14.0 Å². The molecule has 29 heavy (non-hydrogen) atoms. The van der Waals surface area contributed by atoms with Crippen LogP contribution in [0.2, 0.25) is 0 Å². The number of rotatable bonds is 7. The van der Waals surface area contributed by atoms with Gasteiger partial charge < -0.3 is 15.1 Å². The standard InChI is InChI=1S/C21H22N4O3S/c1-13-8-7-9-14(2)18(13)23-17(26)12-22-19(27)15(3)29-21-25-24-20(28-21)16-10-5-4-6-11-16/h4-11,15H,12H2,1-3H3,(H,22,27)(H,23,26)/t15-/m0/s1. The molecule has 0 saturated carbocycles. The lowest BCUT2D eigenvalue weighted by molar-refractivity contribution is -0.123. The van der Waals surface area contributed by atoms with Crippen LogP contribution in [0.25, 0.3) is 11.5 Å². The van der Waals surface area contributed by atoms with Gasteiger partial charge in [0.1, 0.15) is 0 Å². The van der Waals surface area contributed by atoms with E-state index in [1.54, 1.807) is 6.92 Å². The first kappa shape index (κ1) is 20.6. The third-order valence-corrected chi connectivity index (χ3v) is 5.18. The minimum Gasteiger partial charge on any atom is -0.411 e. The lowest BCUT2D eigenvalue weighted by Crippen LogP contribution is -2.37. The van der Waals surface area contributed by atoms with E-state index in [0.717, 1.165) is 34.1 Å². The van der Waals surface area contributed by atoms with E-state index >= 15 is 0 Å². The van der Waals surface area contributed by atoms with Crippen molar-refractivity contribution in [3.63, 3.8) is 0 Å². The van der Waals surface area contributed by atoms with Crippen LogP contribution in [0.1, 0.15) is 18.1 Å². The number of nitrogens with one attached hydrogen (secondary N) is 2. The number of carbonyl (C=O) groups is 2. The van der Waals surface area contributed by atoms with Crippen molar-refractivity contribution in [1.82, 2.24) is 15.5 Å². The number of aromatic nitrogens is 2. The topological polar surface area (TPSA) is 97.1 Å². The van der Waals surface area contributed by atoms with Crippen LogP contribution in [0.3, 0.4) is 0 Å². The average Bonchev–Trinajstić information content (AvgIpc) is 3.18. The van der Waals surface area contributed by atoms with E-state index in [1.165, 1.54) is 0 Å². The van der Waals surface area contributed by atoms with Gasteiger partial charge >= 0.3 is 0 Å². The Morgan fingerprint density at radius 2 is 1.72 bits per heavy atom. The van der Waals surface area contributed by atoms with E-state index in [2.05, 4.69) is 20.8 Å². The Bertz CT molecular complexity index is 984. The molecule has 8 heteroatoms. The van der Waals surface area contributed by atoms with E-state index in [9.17, 15) is 9.59 Å². The highest BCUT2D eigenvalue weighted by molar-refractivity contribution is 8.00. The first-order valence-electron chi connectivity index (χ1n) is 9.13. The lowest BCUT2D eigenvalue weighted by atomic mass is 10.1. The van der Waals surface area contributed by atoms with E-state index in [1.807, 2.05) is 62.4 Å². The molecule has 3 aromatic rings. The molecule has 0 bridgehead atoms. The molecule has 0 aliphatic carbocycles. The second kappa shape index (κ2) is 9.38. The number of nitrogens with zero attached hydrogens (tertiary/aromatic N) is 2. The monoisotopic (exact) mass is 410 g/mol. The van der Waals surface area contributed by atoms with Crippen LogP contribution in [-0.2, 0) is 9.59 Å². The molecule has 3 rings (SSSR count). The number of hydrogen-bond acceptors (Lipinski definition) is 6. The molecule has 0 radical (unpaired) electrons. The van der Waals surface area contributed by atoms with Gasteiger partial charge in [-0.1, -0.05) is 48.2 Å². The summed E-state index contributed by atoms with van der Waals surface area (Å²) in [5.74, 6) is -0.170. The van der Waals surface area contributed by atoms with Gasteiger partial charge in [0.15, 0.2) is 0 Å². The second-order valence-electron chi connectivity index (χ2n) is 6.53. The van der Waals surface area contributed by atoms with Crippen LogP contribution in [0.5, 0.6) is 0 Å². The molecule has 0 unspecified atom stereocenters. The summed E-state index contributed by atoms with van der Waals surface area (Å²) in [6.45, 7) is 5.45. The number of hydrogen-bond donors (Lipinski definition) is 2. The molecule has 150 valence electrons. The summed E-state index contributed by atoms with van der Waals surface area (Å²) in [6.07, 6.45) is 0. The number of aryl methyl sites for hydroxylation is 2. The molecular formula is C21H22N4O3S. The van der Waals surface area contributed by atoms with E-state index in [0.29, 0.717) is 11.1 Å². The molecule has 1 heterocycles. The maximum Gasteiger partial charge on any atom is 0.277 e. The van der Waals surface area contributed by atoms with Crippen molar-refractivity contribution >= 4 is 29.3 Å². The van der Waals surface area contributed by atoms with Gasteiger partial charge in [-0.3, -0.25) is 9.59 Å². The fourth-order valence-electron chi connectivity index (χ4n) is 2.67. The van der Waals surface area contributed by atoms with Gasteiger partial charge in [0, 0.05) is 11.3 Å². The zero-order chi connectivity index (χ0) is 20.8. The fraction of sp³-hybridized carbons (Fsp3) is 0.238. The maximum absolute atomic E-state index is 12.3. The van der Waals surface area contributed by atoms with Gasteiger partial charge in [-0.15, -0.1) is 10.2 Å². The molecule has 0 saturated heterocycles. The Labute approximate surface area is 173 Å². The third-order valence-electron chi connectivity index (χ3n) is 4.24. The zero-order valence-electron chi connectivity index (χ0n) is 16.4. The number of carbonyl (C=O) groups excluding carboxylic acids is 2. The summed E-state index contributed by atoms with van der Waals surface area (Å²) in [6, 6.07) is 15.2. The quantitative estimate of drug-likeness (QED) is 0.578. The average molecular weight is 410 g/mol. The smallest absolute Gasteiger partial charge is 0.277 e. The van der Waals surface area contributed by atoms with Crippen LogP contribution < -0.4 is 10.6 Å². The molecule has 0 fully saturated rings. The predicted octanol–water partition coefficient (Wildman–Crippen LogP) is 3.59. The van der Waals surface area contributed by atoms with Crippen LogP contribution >= 0.6 is 11.8 Å². The Hall–Kier alpha value is -3.13. The van der Waals surface area contributed by atoms with Gasteiger partial charge in [-0.2, -0.15) is 0 Å². The minimum absolute atomic E-state index is 0.114. The highest BCUT2D eigenvalue weighted by atomic mass is 32.2. The van der Waals surface area contributed by atoms with Gasteiger partial charge in [0.05, 0.1) is 11.8 Å². The van der Waals surface area contributed by atoms with Crippen molar-refractivity contribution in [3.8, 4) is 11.5 Å². The SMILES string of the molecule is Cc1cccc(C)c1NC(=O)CNC(=O)[C@H](C)Sc1nnc(-c2ccccc2)o1. The summed E-state index contributed by atoms with van der Waals surface area (Å²) in [7, 11) is 0. The molecule has 1 atom stereocenters. The number of para-hydroxylation sites is 1. The second-order valence-corrected chi connectivity index (χ2v) is 7.82. The van der Waals surface area contributed by atoms with Crippen LogP contribution in [0.15, 0.2) is 58.2 Å². The first-order valence-corrected chi connectivity index (χ1v) is 10.0. The summed E-state index contributed by atoms with van der Waals surface area (Å²) in [4.78, 5) is 24.5. The lowest BCUT2D eigenvalue weighted by Gasteiger charge is -2.13. The van der Waals surface area contributed by atoms with Crippen molar-refractivity contribution in [3.05, 3.63) is 59.7 Å². The highest BCUT2D eigenvalue weighted by Crippen LogP contribution is 2.26. The van der Waals surface area contributed by atoms with Crippen molar-refractivity contribution in [2.24, 2.45) is 0 Å². The molecule has 0 aliphatic heterocycles. The van der Waals surface area contributed by atoms with E-state index < -0.39 is 5.25 Å². The molecule has 2 aromatic carbocycles. The van der Waals surface area contributed by atoms with Crippen molar-refractivity contribution in [1.29, 1.82) is 0 Å². The summed E-state index contributed by atoms with van der Waals surface area (Å²) in [5, 5.41) is 13.3. The Morgan fingerprint density at radius 1 is 1.03 bits per heavy atom. The largest absolute Gasteiger partial charge is 0.411 e. The Morgan fingerprint density at radius 3 is 2.41 bits per heavy atom. The van der Waals surface area contributed by atoms with Crippen molar-refractivity contribution in [2.45, 2.75) is 31.2 Å².